The Morgan fingerprint density at radius 2 is 2.07 bits per heavy atom. The molecule has 1 rings (SSSR count). The molecule has 1 nitrogen and oxygen atoms in total. The highest BCUT2D eigenvalue weighted by atomic mass is 15.1. The normalized spacial score (nSPS) is 23.4. The molecule has 0 saturated heterocycles. The first-order chi connectivity index (χ1) is 6.45. The maximum absolute atomic E-state index is 2.33. The summed E-state index contributed by atoms with van der Waals surface area (Å²) in [4.78, 5) is 2.28. The Morgan fingerprint density at radius 3 is 2.57 bits per heavy atom. The monoisotopic (exact) mass is 193 g/mol. The summed E-state index contributed by atoms with van der Waals surface area (Å²) in [6, 6.07) is 0. The summed E-state index contributed by atoms with van der Waals surface area (Å²) in [7, 11) is 0. The summed E-state index contributed by atoms with van der Waals surface area (Å²) in [5.41, 5.74) is 1.85. The van der Waals surface area contributed by atoms with E-state index in [1.807, 2.05) is 0 Å². The minimum atomic E-state index is 0.291. The third kappa shape index (κ3) is 2.63. The van der Waals surface area contributed by atoms with Gasteiger partial charge in [-0.05, 0) is 36.5 Å². The minimum Gasteiger partial charge on any atom is -0.355 e. The molecule has 0 N–H and O–H groups in total. The number of nitrogens with zero attached hydrogens (tertiary/aromatic N) is 1. The zero-order valence-corrected chi connectivity index (χ0v) is 10.2. The Labute approximate surface area is 88.5 Å². The van der Waals surface area contributed by atoms with Crippen LogP contribution in [0.5, 0.6) is 0 Å². The van der Waals surface area contributed by atoms with Crippen molar-refractivity contribution in [3.8, 4) is 0 Å². The minimum absolute atomic E-state index is 0.291. The van der Waals surface area contributed by atoms with E-state index in [2.05, 4.69) is 58.0 Å². The fourth-order valence-corrected chi connectivity index (χ4v) is 2.01. The predicted octanol–water partition coefficient (Wildman–Crippen LogP) is 3.79. The van der Waals surface area contributed by atoms with E-state index in [-0.39, 0.29) is 0 Å². The number of hydrogen-bond donors (Lipinski definition) is 0. The molecule has 0 aromatic carbocycles. The second-order valence-corrected chi connectivity index (χ2v) is 5.19. The molecule has 0 spiro atoms. The van der Waals surface area contributed by atoms with E-state index in [9.17, 15) is 0 Å². The van der Waals surface area contributed by atoms with Gasteiger partial charge in [0.2, 0.25) is 0 Å². The molecule has 1 heterocycles. The maximum Gasteiger partial charge on any atom is 0.0191 e. The van der Waals surface area contributed by atoms with Gasteiger partial charge in [-0.2, -0.15) is 0 Å². The molecular weight excluding hydrogens is 170 g/mol. The van der Waals surface area contributed by atoms with Crippen LogP contribution in [-0.2, 0) is 0 Å². The van der Waals surface area contributed by atoms with Crippen molar-refractivity contribution < 1.29 is 0 Å². The molecular formula is C13H23N. The first-order valence-electron chi connectivity index (χ1n) is 5.59. The summed E-state index contributed by atoms with van der Waals surface area (Å²) in [5.74, 6) is 0.669. The van der Waals surface area contributed by atoms with Gasteiger partial charge in [-0.1, -0.05) is 33.8 Å². The Morgan fingerprint density at radius 1 is 1.43 bits per heavy atom. The first kappa shape index (κ1) is 11.4. The molecule has 0 amide bonds. The molecule has 80 valence electrons. The lowest BCUT2D eigenvalue weighted by molar-refractivity contribution is 0.420. The van der Waals surface area contributed by atoms with E-state index in [4.69, 9.17) is 0 Å². The lowest BCUT2D eigenvalue weighted by Gasteiger charge is -2.28. The van der Waals surface area contributed by atoms with Gasteiger partial charge >= 0.3 is 0 Å². The van der Waals surface area contributed by atoms with Crippen LogP contribution in [0.15, 0.2) is 24.0 Å². The third-order valence-electron chi connectivity index (χ3n) is 2.85. The van der Waals surface area contributed by atoms with Crippen LogP contribution in [0.4, 0.5) is 0 Å². The Bertz CT molecular complexity index is 242. The van der Waals surface area contributed by atoms with Crippen LogP contribution >= 0.6 is 0 Å². The highest BCUT2D eigenvalue weighted by Gasteiger charge is 2.23. The zero-order chi connectivity index (χ0) is 10.8. The molecule has 1 heteroatoms. The second-order valence-electron chi connectivity index (χ2n) is 5.19. The van der Waals surface area contributed by atoms with Gasteiger partial charge in [-0.3, -0.25) is 0 Å². The average Bonchev–Trinajstić information content (AvgIpc) is 2.25. The van der Waals surface area contributed by atoms with Gasteiger partial charge in [0.25, 0.3) is 0 Å². The van der Waals surface area contributed by atoms with E-state index in [1.54, 1.807) is 5.57 Å². The fourth-order valence-electron chi connectivity index (χ4n) is 2.01. The quantitative estimate of drug-likeness (QED) is 0.612. The van der Waals surface area contributed by atoms with Crippen molar-refractivity contribution >= 4 is 0 Å². The van der Waals surface area contributed by atoms with Gasteiger partial charge in [-0.25, -0.2) is 0 Å². The Kier molecular flexibility index (Phi) is 3.41. The largest absolute Gasteiger partial charge is 0.355 e. The van der Waals surface area contributed by atoms with Crippen LogP contribution in [0, 0.1) is 11.3 Å². The van der Waals surface area contributed by atoms with Crippen molar-refractivity contribution in [3.05, 3.63) is 24.0 Å². The van der Waals surface area contributed by atoms with E-state index in [0.29, 0.717) is 11.3 Å². The van der Waals surface area contributed by atoms with Crippen LogP contribution in [0.3, 0.4) is 0 Å². The molecule has 1 aliphatic heterocycles. The molecule has 0 bridgehead atoms. The number of hydrogen-bond acceptors (Lipinski definition) is 1. The molecule has 0 radical (unpaired) electrons. The van der Waals surface area contributed by atoms with Gasteiger partial charge in [0, 0.05) is 12.7 Å². The SMILES string of the molecule is CCN1C=CCC(C)C(C(C)(C)C)=C1. The molecule has 0 aliphatic carbocycles. The van der Waals surface area contributed by atoms with E-state index in [1.165, 1.54) is 6.42 Å². The molecule has 0 aromatic heterocycles. The molecule has 0 fully saturated rings. The van der Waals surface area contributed by atoms with E-state index in [0.717, 1.165) is 6.54 Å². The topological polar surface area (TPSA) is 3.24 Å². The lowest BCUT2D eigenvalue weighted by atomic mass is 9.79. The molecule has 0 saturated carbocycles. The molecule has 1 aliphatic rings. The van der Waals surface area contributed by atoms with Gasteiger partial charge < -0.3 is 4.90 Å². The standard InChI is InChI=1S/C13H23N/c1-6-14-9-7-8-11(2)12(10-14)13(3,4)5/h7,9-11H,6,8H2,1-5H3. The molecule has 14 heavy (non-hydrogen) atoms. The Balaban J connectivity index is 2.95. The van der Waals surface area contributed by atoms with Crippen molar-refractivity contribution in [1.29, 1.82) is 0 Å². The van der Waals surface area contributed by atoms with Gasteiger partial charge in [0.1, 0.15) is 0 Å². The first-order valence-corrected chi connectivity index (χ1v) is 5.59. The van der Waals surface area contributed by atoms with Crippen molar-refractivity contribution in [2.24, 2.45) is 11.3 Å². The molecule has 1 atom stereocenters. The van der Waals surface area contributed by atoms with Gasteiger partial charge in [0.05, 0.1) is 0 Å². The summed E-state index contributed by atoms with van der Waals surface area (Å²) in [6.07, 6.45) is 7.98. The van der Waals surface area contributed by atoms with E-state index >= 15 is 0 Å². The van der Waals surface area contributed by atoms with Crippen molar-refractivity contribution in [2.75, 3.05) is 6.54 Å². The second kappa shape index (κ2) is 4.20. The summed E-state index contributed by atoms with van der Waals surface area (Å²) >= 11 is 0. The zero-order valence-electron chi connectivity index (χ0n) is 10.2. The molecule has 0 aromatic rings. The van der Waals surface area contributed by atoms with Crippen LogP contribution < -0.4 is 0 Å². The third-order valence-corrected chi connectivity index (χ3v) is 2.85. The van der Waals surface area contributed by atoms with Crippen molar-refractivity contribution in [2.45, 2.75) is 41.0 Å². The number of allylic oxidation sites excluding steroid dienone is 2. The summed E-state index contributed by atoms with van der Waals surface area (Å²) < 4.78 is 0. The van der Waals surface area contributed by atoms with Crippen LogP contribution in [0.1, 0.15) is 41.0 Å². The highest BCUT2D eigenvalue weighted by Crippen LogP contribution is 2.34. The smallest absolute Gasteiger partial charge is 0.0191 e. The average molecular weight is 193 g/mol. The number of rotatable bonds is 1. The van der Waals surface area contributed by atoms with Crippen LogP contribution in [0.25, 0.3) is 0 Å². The van der Waals surface area contributed by atoms with E-state index < -0.39 is 0 Å². The summed E-state index contributed by atoms with van der Waals surface area (Å²) in [5, 5.41) is 0. The van der Waals surface area contributed by atoms with Gasteiger partial charge in [0.15, 0.2) is 0 Å². The van der Waals surface area contributed by atoms with Gasteiger partial charge in [-0.15, -0.1) is 0 Å². The van der Waals surface area contributed by atoms with Crippen molar-refractivity contribution in [3.63, 3.8) is 0 Å². The summed E-state index contributed by atoms with van der Waals surface area (Å²) in [6.45, 7) is 12.5. The fraction of sp³-hybridized carbons (Fsp3) is 0.692. The highest BCUT2D eigenvalue weighted by molar-refractivity contribution is 5.17. The van der Waals surface area contributed by atoms with Crippen LogP contribution in [0.2, 0.25) is 0 Å². The predicted molar refractivity (Wildman–Crippen MR) is 62.8 cm³/mol. The Hall–Kier alpha value is -0.720. The van der Waals surface area contributed by atoms with Crippen LogP contribution in [-0.4, -0.2) is 11.4 Å². The molecule has 1 unspecified atom stereocenters. The lowest BCUT2D eigenvalue weighted by Crippen LogP contribution is -2.18. The maximum atomic E-state index is 2.33. The van der Waals surface area contributed by atoms with Crippen molar-refractivity contribution in [1.82, 2.24) is 4.90 Å².